The van der Waals surface area contributed by atoms with Gasteiger partial charge in [0.1, 0.15) is 11.9 Å². The molecule has 3 rings (SSSR count). The van der Waals surface area contributed by atoms with Crippen LogP contribution in [-0.4, -0.2) is 18.6 Å². The predicted octanol–water partition coefficient (Wildman–Crippen LogP) is 1.60. The zero-order valence-corrected chi connectivity index (χ0v) is 9.82. The van der Waals surface area contributed by atoms with Crippen LogP contribution in [0.1, 0.15) is 12.0 Å². The van der Waals surface area contributed by atoms with Crippen molar-refractivity contribution < 1.29 is 17.9 Å². The molecule has 2 aliphatic rings. The molecule has 1 aliphatic carbocycles. The molecule has 4 N–H and O–H groups in total. The Hall–Kier alpha value is -1.92. The lowest BCUT2D eigenvalue weighted by atomic mass is 9.84. The molecular formula is C12H12F3N3O. The second-order valence-corrected chi connectivity index (χ2v) is 4.81. The van der Waals surface area contributed by atoms with Crippen LogP contribution in [-0.2, 0) is 10.3 Å². The molecule has 1 aliphatic heterocycles. The summed E-state index contributed by atoms with van der Waals surface area (Å²) < 4.78 is 46.2. The largest absolute Gasteiger partial charge is 0.462 e. The molecule has 1 fully saturated rings. The minimum absolute atomic E-state index is 0.203. The van der Waals surface area contributed by atoms with Crippen LogP contribution < -0.4 is 11.5 Å². The summed E-state index contributed by atoms with van der Waals surface area (Å²) in [7, 11) is 0. The summed E-state index contributed by atoms with van der Waals surface area (Å²) in [5.41, 5.74) is 8.98. The van der Waals surface area contributed by atoms with Gasteiger partial charge in [-0.25, -0.2) is 18.2 Å². The lowest BCUT2D eigenvalue weighted by Gasteiger charge is -2.33. The minimum atomic E-state index is -2.89. The summed E-state index contributed by atoms with van der Waals surface area (Å²) in [4.78, 5) is 3.73. The first-order valence-corrected chi connectivity index (χ1v) is 5.81. The van der Waals surface area contributed by atoms with Crippen LogP contribution in [0.15, 0.2) is 23.2 Å². The Balaban J connectivity index is 2.21. The third-order valence-electron chi connectivity index (χ3n) is 3.62. The summed E-state index contributed by atoms with van der Waals surface area (Å²) >= 11 is 0. The highest BCUT2D eigenvalue weighted by molar-refractivity contribution is 5.74. The first-order chi connectivity index (χ1) is 8.95. The van der Waals surface area contributed by atoms with Crippen molar-refractivity contribution in [3.8, 4) is 0 Å². The number of hydrogen-bond acceptors (Lipinski definition) is 4. The Kier molecular flexibility index (Phi) is 2.42. The van der Waals surface area contributed by atoms with E-state index in [1.165, 1.54) is 12.1 Å². The first kappa shape index (κ1) is 12.1. The van der Waals surface area contributed by atoms with E-state index in [0.717, 1.165) is 6.07 Å². The van der Waals surface area contributed by atoms with E-state index in [1.807, 2.05) is 0 Å². The van der Waals surface area contributed by atoms with Crippen LogP contribution >= 0.6 is 0 Å². The topological polar surface area (TPSA) is 73.6 Å². The number of anilines is 1. The van der Waals surface area contributed by atoms with Gasteiger partial charge in [0.15, 0.2) is 5.54 Å². The molecule has 0 spiro atoms. The molecular weight excluding hydrogens is 259 g/mol. The number of hydrogen-bond donors (Lipinski definition) is 2. The maximum absolute atomic E-state index is 13.9. The van der Waals surface area contributed by atoms with Gasteiger partial charge < -0.3 is 16.2 Å². The van der Waals surface area contributed by atoms with Crippen molar-refractivity contribution in [1.82, 2.24) is 0 Å². The van der Waals surface area contributed by atoms with Crippen molar-refractivity contribution in [2.24, 2.45) is 16.6 Å². The molecule has 1 aromatic carbocycles. The van der Waals surface area contributed by atoms with E-state index in [1.54, 1.807) is 0 Å². The lowest BCUT2D eigenvalue weighted by molar-refractivity contribution is 0.0177. The van der Waals surface area contributed by atoms with E-state index in [0.29, 0.717) is 6.42 Å². The Morgan fingerprint density at radius 2 is 2.11 bits per heavy atom. The molecule has 0 saturated heterocycles. The number of alkyl halides is 2. The van der Waals surface area contributed by atoms with Gasteiger partial charge >= 0.3 is 0 Å². The van der Waals surface area contributed by atoms with Crippen LogP contribution in [0.5, 0.6) is 0 Å². The summed E-state index contributed by atoms with van der Waals surface area (Å²) in [6.07, 6.45) is -2.93. The van der Waals surface area contributed by atoms with E-state index in [-0.39, 0.29) is 17.3 Å². The van der Waals surface area contributed by atoms with Crippen LogP contribution in [0, 0.1) is 11.7 Å². The number of rotatable bonds is 2. The fraction of sp³-hybridized carbons (Fsp3) is 0.417. The number of nitrogens with two attached hydrogens (primary N) is 2. The van der Waals surface area contributed by atoms with Gasteiger partial charge in [-0.3, -0.25) is 0 Å². The maximum Gasteiger partial charge on any atom is 0.283 e. The zero-order valence-electron chi connectivity index (χ0n) is 9.82. The Labute approximate surface area is 107 Å². The van der Waals surface area contributed by atoms with Crippen molar-refractivity contribution in [3.05, 3.63) is 29.6 Å². The quantitative estimate of drug-likeness (QED) is 0.802. The van der Waals surface area contributed by atoms with Crippen LogP contribution in [0.4, 0.5) is 18.9 Å². The highest BCUT2D eigenvalue weighted by Crippen LogP contribution is 2.56. The molecule has 1 saturated carbocycles. The second-order valence-electron chi connectivity index (χ2n) is 4.81. The molecule has 7 heteroatoms. The monoisotopic (exact) mass is 271 g/mol. The highest BCUT2D eigenvalue weighted by Gasteiger charge is 2.64. The smallest absolute Gasteiger partial charge is 0.283 e. The molecule has 1 heterocycles. The Morgan fingerprint density at radius 3 is 2.79 bits per heavy atom. The molecule has 19 heavy (non-hydrogen) atoms. The molecule has 4 nitrogen and oxygen atoms in total. The summed E-state index contributed by atoms with van der Waals surface area (Å²) in [5.74, 6) is -1.34. The Morgan fingerprint density at radius 1 is 1.37 bits per heavy atom. The number of ether oxygens (including phenoxy) is 1. The van der Waals surface area contributed by atoms with Gasteiger partial charge in [0, 0.05) is 17.2 Å². The van der Waals surface area contributed by atoms with Crippen molar-refractivity contribution in [2.45, 2.75) is 24.5 Å². The summed E-state index contributed by atoms with van der Waals surface area (Å²) in [6, 6.07) is 3.24. The molecule has 0 radical (unpaired) electrons. The standard InChI is InChI=1S/C12H12F3N3O/c13-8-2-1-5(16)3-6(8)12(10(14)15)7-4-9(7)19-11(17)18-12/h1-3,7,9-10H,4,16H2,(H2,17,18)/t7-,9+,12+/m0/s1. The van der Waals surface area contributed by atoms with Gasteiger partial charge in [-0.2, -0.15) is 0 Å². The lowest BCUT2D eigenvalue weighted by Crippen LogP contribution is -2.43. The van der Waals surface area contributed by atoms with Crippen molar-refractivity contribution in [3.63, 3.8) is 0 Å². The van der Waals surface area contributed by atoms with Gasteiger partial charge in [-0.15, -0.1) is 0 Å². The number of halogens is 3. The average molecular weight is 271 g/mol. The number of nitrogen functional groups attached to an aromatic ring is 1. The maximum atomic E-state index is 13.9. The van der Waals surface area contributed by atoms with Gasteiger partial charge in [0.2, 0.25) is 0 Å². The predicted molar refractivity (Wildman–Crippen MR) is 63.1 cm³/mol. The zero-order chi connectivity index (χ0) is 13.8. The molecule has 0 aromatic heterocycles. The van der Waals surface area contributed by atoms with E-state index in [9.17, 15) is 13.2 Å². The third kappa shape index (κ3) is 1.64. The van der Waals surface area contributed by atoms with E-state index in [2.05, 4.69) is 4.99 Å². The molecule has 1 aromatic rings. The fourth-order valence-corrected chi connectivity index (χ4v) is 2.65. The molecule has 3 atom stereocenters. The van der Waals surface area contributed by atoms with Gasteiger partial charge in [0.05, 0.1) is 0 Å². The second kappa shape index (κ2) is 3.79. The minimum Gasteiger partial charge on any atom is -0.462 e. The fourth-order valence-electron chi connectivity index (χ4n) is 2.65. The number of aliphatic imine (C=N–C) groups is 1. The highest BCUT2D eigenvalue weighted by atomic mass is 19.3. The van der Waals surface area contributed by atoms with Crippen molar-refractivity contribution in [1.29, 1.82) is 0 Å². The number of amidine groups is 1. The third-order valence-corrected chi connectivity index (χ3v) is 3.62. The number of nitrogens with zero attached hydrogens (tertiary/aromatic N) is 1. The molecule has 0 amide bonds. The average Bonchev–Trinajstić information content (AvgIpc) is 3.10. The number of benzene rings is 1. The normalized spacial score (nSPS) is 32.5. The SMILES string of the molecule is NC1=N[C@@](c2cc(N)ccc2F)(C(F)F)[C@H]2C[C@H]2O1. The van der Waals surface area contributed by atoms with E-state index in [4.69, 9.17) is 16.2 Å². The van der Waals surface area contributed by atoms with Gasteiger partial charge in [0.25, 0.3) is 12.4 Å². The first-order valence-electron chi connectivity index (χ1n) is 5.81. The van der Waals surface area contributed by atoms with Crippen LogP contribution in [0.25, 0.3) is 0 Å². The Bertz CT molecular complexity index is 563. The van der Waals surface area contributed by atoms with Crippen molar-refractivity contribution in [2.75, 3.05) is 5.73 Å². The van der Waals surface area contributed by atoms with Crippen molar-refractivity contribution >= 4 is 11.7 Å². The molecule has 0 unspecified atom stereocenters. The van der Waals surface area contributed by atoms with E-state index >= 15 is 0 Å². The van der Waals surface area contributed by atoms with Gasteiger partial charge in [-0.05, 0) is 24.6 Å². The molecule has 0 bridgehead atoms. The molecule has 102 valence electrons. The number of fused-ring (bicyclic) bond motifs is 1. The van der Waals surface area contributed by atoms with Crippen LogP contribution in [0.2, 0.25) is 0 Å². The van der Waals surface area contributed by atoms with E-state index < -0.39 is 29.8 Å². The summed E-state index contributed by atoms with van der Waals surface area (Å²) in [6.45, 7) is 0. The summed E-state index contributed by atoms with van der Waals surface area (Å²) in [5, 5.41) is 0. The van der Waals surface area contributed by atoms with Gasteiger partial charge in [-0.1, -0.05) is 0 Å². The van der Waals surface area contributed by atoms with Crippen LogP contribution in [0.3, 0.4) is 0 Å².